The van der Waals surface area contributed by atoms with Crippen LogP contribution in [0.5, 0.6) is 0 Å². The molecule has 1 aliphatic heterocycles. The molecule has 0 saturated heterocycles. The van der Waals surface area contributed by atoms with Gasteiger partial charge in [-0.2, -0.15) is 0 Å². The first kappa shape index (κ1) is 12.8. The van der Waals surface area contributed by atoms with Gasteiger partial charge >= 0.3 is 0 Å². The lowest BCUT2D eigenvalue weighted by molar-refractivity contribution is 0.419. The zero-order valence-electron chi connectivity index (χ0n) is 12.2. The van der Waals surface area contributed by atoms with Crippen molar-refractivity contribution >= 4 is 16.5 Å². The Morgan fingerprint density at radius 2 is 1.95 bits per heavy atom. The van der Waals surface area contributed by atoms with Crippen molar-refractivity contribution in [1.29, 1.82) is 0 Å². The van der Waals surface area contributed by atoms with Crippen molar-refractivity contribution in [1.82, 2.24) is 9.55 Å². The van der Waals surface area contributed by atoms with E-state index in [1.807, 2.05) is 28.8 Å². The molecule has 0 radical (unpaired) electrons. The van der Waals surface area contributed by atoms with Crippen LogP contribution in [0.1, 0.15) is 44.3 Å². The molecule has 1 fully saturated rings. The summed E-state index contributed by atoms with van der Waals surface area (Å²) in [4.78, 5) is 17.3. The van der Waals surface area contributed by atoms with Crippen molar-refractivity contribution in [3.05, 3.63) is 46.5 Å². The topological polar surface area (TPSA) is 34.9 Å². The third-order valence-corrected chi connectivity index (χ3v) is 4.84. The smallest absolute Gasteiger partial charge is 0.261 e. The zero-order valence-corrected chi connectivity index (χ0v) is 12.2. The Balaban J connectivity index is 1.80. The minimum absolute atomic E-state index is 0.114. The summed E-state index contributed by atoms with van der Waals surface area (Å²) < 4.78 is 1.86. The Bertz CT molecular complexity index is 766. The Morgan fingerprint density at radius 1 is 1.14 bits per heavy atom. The molecule has 108 valence electrons. The lowest BCUT2D eigenvalue weighted by atomic mass is 9.87. The van der Waals surface area contributed by atoms with E-state index >= 15 is 0 Å². The lowest BCUT2D eigenvalue weighted by Gasteiger charge is -2.18. The summed E-state index contributed by atoms with van der Waals surface area (Å²) in [6.07, 6.45) is 9.99. The van der Waals surface area contributed by atoms with Crippen LogP contribution in [-0.4, -0.2) is 9.55 Å². The van der Waals surface area contributed by atoms with Crippen LogP contribution in [0.3, 0.4) is 0 Å². The number of allylic oxidation sites excluding steroid dienone is 2. The molecule has 1 aromatic carbocycles. The predicted molar refractivity (Wildman–Crippen MR) is 85.2 cm³/mol. The normalized spacial score (nSPS) is 21.0. The molecule has 0 unspecified atom stereocenters. The number of para-hydroxylation sites is 1. The highest BCUT2D eigenvalue weighted by molar-refractivity contribution is 5.79. The fourth-order valence-electron chi connectivity index (χ4n) is 3.71. The molecule has 0 atom stereocenters. The number of fused-ring (bicyclic) bond motifs is 2. The molecule has 4 rings (SSSR count). The Morgan fingerprint density at radius 3 is 2.81 bits per heavy atom. The van der Waals surface area contributed by atoms with Gasteiger partial charge in [-0.3, -0.25) is 9.36 Å². The summed E-state index contributed by atoms with van der Waals surface area (Å²) in [5, 5.41) is 0.736. The number of hydrogen-bond donors (Lipinski definition) is 0. The van der Waals surface area contributed by atoms with E-state index in [2.05, 4.69) is 6.08 Å². The molecule has 0 amide bonds. The molecule has 1 aromatic heterocycles. The first-order valence-corrected chi connectivity index (χ1v) is 8.03. The number of hydrogen-bond acceptors (Lipinski definition) is 2. The second-order valence-electron chi connectivity index (χ2n) is 6.25. The van der Waals surface area contributed by atoms with Gasteiger partial charge in [0.25, 0.3) is 5.56 Å². The SMILES string of the molecule is O=c1c2ccccc2nc2n1CCC2=CC1CCCCC1. The average molecular weight is 280 g/mol. The number of benzene rings is 1. The van der Waals surface area contributed by atoms with Crippen LogP contribution in [0.25, 0.3) is 16.5 Å². The van der Waals surface area contributed by atoms with Crippen LogP contribution in [0.15, 0.2) is 35.1 Å². The van der Waals surface area contributed by atoms with E-state index in [0.717, 1.165) is 29.7 Å². The van der Waals surface area contributed by atoms with Gasteiger partial charge in [0.2, 0.25) is 0 Å². The van der Waals surface area contributed by atoms with E-state index in [1.165, 1.54) is 37.7 Å². The fourth-order valence-corrected chi connectivity index (χ4v) is 3.71. The highest BCUT2D eigenvalue weighted by Crippen LogP contribution is 2.31. The van der Waals surface area contributed by atoms with E-state index in [0.29, 0.717) is 5.92 Å². The maximum absolute atomic E-state index is 12.6. The van der Waals surface area contributed by atoms with Crippen LogP contribution in [0.2, 0.25) is 0 Å². The van der Waals surface area contributed by atoms with Gasteiger partial charge in [-0.1, -0.05) is 37.5 Å². The summed E-state index contributed by atoms with van der Waals surface area (Å²) in [5.41, 5.74) is 2.22. The van der Waals surface area contributed by atoms with Crippen LogP contribution in [-0.2, 0) is 6.54 Å². The predicted octanol–water partition coefficient (Wildman–Crippen LogP) is 3.76. The first-order valence-electron chi connectivity index (χ1n) is 8.03. The van der Waals surface area contributed by atoms with Crippen molar-refractivity contribution in [3.8, 4) is 0 Å². The molecule has 0 N–H and O–H groups in total. The van der Waals surface area contributed by atoms with Gasteiger partial charge in [0.1, 0.15) is 5.82 Å². The molecular weight excluding hydrogens is 260 g/mol. The minimum atomic E-state index is 0.114. The summed E-state index contributed by atoms with van der Waals surface area (Å²) in [6.45, 7) is 0.782. The number of rotatable bonds is 1. The summed E-state index contributed by atoms with van der Waals surface area (Å²) in [6, 6.07) is 7.67. The molecule has 2 aliphatic rings. The fraction of sp³-hybridized carbons (Fsp3) is 0.444. The maximum atomic E-state index is 12.6. The standard InChI is InChI=1S/C18H20N2O/c21-18-15-8-4-5-9-16(15)19-17-14(10-11-20(17)18)12-13-6-2-1-3-7-13/h4-5,8-9,12-13H,1-3,6-7,10-11H2. The van der Waals surface area contributed by atoms with Crippen molar-refractivity contribution in [3.63, 3.8) is 0 Å². The van der Waals surface area contributed by atoms with Gasteiger partial charge < -0.3 is 0 Å². The lowest BCUT2D eigenvalue weighted by Crippen LogP contribution is -2.20. The highest BCUT2D eigenvalue weighted by Gasteiger charge is 2.22. The van der Waals surface area contributed by atoms with Crippen molar-refractivity contribution in [2.45, 2.75) is 45.1 Å². The number of nitrogens with zero attached hydrogens (tertiary/aromatic N) is 2. The van der Waals surface area contributed by atoms with Crippen LogP contribution in [0, 0.1) is 5.92 Å². The van der Waals surface area contributed by atoms with Crippen molar-refractivity contribution in [2.24, 2.45) is 5.92 Å². The maximum Gasteiger partial charge on any atom is 0.261 e. The third-order valence-electron chi connectivity index (χ3n) is 4.84. The van der Waals surface area contributed by atoms with Gasteiger partial charge in [0.05, 0.1) is 10.9 Å². The Labute approximate surface area is 124 Å². The van der Waals surface area contributed by atoms with Crippen LogP contribution < -0.4 is 5.56 Å². The van der Waals surface area contributed by atoms with Gasteiger partial charge in [-0.15, -0.1) is 0 Å². The summed E-state index contributed by atoms with van der Waals surface area (Å²) in [7, 11) is 0. The minimum Gasteiger partial charge on any atom is -0.292 e. The van der Waals surface area contributed by atoms with Gasteiger partial charge in [-0.25, -0.2) is 4.98 Å². The molecule has 1 aliphatic carbocycles. The molecule has 21 heavy (non-hydrogen) atoms. The van der Waals surface area contributed by atoms with E-state index < -0.39 is 0 Å². The van der Waals surface area contributed by atoms with E-state index in [4.69, 9.17) is 4.98 Å². The Hall–Kier alpha value is -1.90. The Kier molecular flexibility index (Phi) is 3.13. The first-order chi connectivity index (χ1) is 10.3. The largest absolute Gasteiger partial charge is 0.292 e. The van der Waals surface area contributed by atoms with Gasteiger partial charge in [-0.05, 0) is 42.9 Å². The van der Waals surface area contributed by atoms with Crippen LogP contribution >= 0.6 is 0 Å². The number of aromatic nitrogens is 2. The monoisotopic (exact) mass is 280 g/mol. The molecule has 3 nitrogen and oxygen atoms in total. The van der Waals surface area contributed by atoms with Gasteiger partial charge in [0, 0.05) is 6.54 Å². The molecule has 1 saturated carbocycles. The second-order valence-corrected chi connectivity index (χ2v) is 6.25. The van der Waals surface area contributed by atoms with E-state index in [-0.39, 0.29) is 5.56 Å². The molecular formula is C18H20N2O. The second kappa shape index (κ2) is 5.14. The summed E-state index contributed by atoms with van der Waals surface area (Å²) in [5.74, 6) is 1.59. The van der Waals surface area contributed by atoms with Crippen molar-refractivity contribution in [2.75, 3.05) is 0 Å². The highest BCUT2D eigenvalue weighted by atomic mass is 16.1. The average Bonchev–Trinajstić information content (AvgIpc) is 2.92. The summed E-state index contributed by atoms with van der Waals surface area (Å²) >= 11 is 0. The van der Waals surface area contributed by atoms with E-state index in [1.54, 1.807) is 0 Å². The van der Waals surface area contributed by atoms with Gasteiger partial charge in [0.15, 0.2) is 0 Å². The molecule has 3 heteroatoms. The van der Waals surface area contributed by atoms with E-state index in [9.17, 15) is 4.79 Å². The molecule has 0 spiro atoms. The molecule has 0 bridgehead atoms. The van der Waals surface area contributed by atoms with Crippen molar-refractivity contribution < 1.29 is 0 Å². The quantitative estimate of drug-likeness (QED) is 0.797. The van der Waals surface area contributed by atoms with Crippen LogP contribution in [0.4, 0.5) is 0 Å². The third kappa shape index (κ3) is 2.21. The zero-order chi connectivity index (χ0) is 14.2. The molecule has 2 aromatic rings. The molecule has 2 heterocycles.